The monoisotopic (exact) mass is 575 g/mol. The first kappa shape index (κ1) is 22.1. The number of nitrogens with zero attached hydrogens (tertiary/aromatic N) is 5. The lowest BCUT2D eigenvalue weighted by Crippen LogP contribution is -2.50. The molecule has 1 N–H and O–H groups in total. The highest BCUT2D eigenvalue weighted by molar-refractivity contribution is 9.10. The van der Waals surface area contributed by atoms with E-state index in [4.69, 9.17) is 4.99 Å². The van der Waals surface area contributed by atoms with Crippen LogP contribution in [-0.2, 0) is 13.0 Å². The number of imidazole rings is 1. The number of aromatic hydroxyl groups is 1. The maximum Gasteiger partial charge on any atom is 0.281 e. The van der Waals surface area contributed by atoms with Gasteiger partial charge in [-0.2, -0.15) is 0 Å². The van der Waals surface area contributed by atoms with Gasteiger partial charge in [-0.15, -0.1) is 0 Å². The topological polar surface area (TPSA) is 74.0 Å². The SMILES string of the molecule is CCN1C(=O)c2c(nc(Br)n2Cc2ccc(O)c(Br)c2)N2C[C@@H](Cc3ccc(F)cc3)N=C12. The van der Waals surface area contributed by atoms with Gasteiger partial charge in [-0.05, 0) is 80.6 Å². The molecular weight excluding hydrogens is 557 g/mol. The highest BCUT2D eigenvalue weighted by atomic mass is 79.9. The van der Waals surface area contributed by atoms with Crippen LogP contribution in [0.5, 0.6) is 5.75 Å². The number of benzene rings is 2. The molecule has 3 aromatic rings. The Morgan fingerprint density at radius 2 is 1.88 bits per heavy atom. The maximum absolute atomic E-state index is 13.5. The Hall–Kier alpha value is -2.72. The molecule has 0 unspecified atom stereocenters. The average Bonchev–Trinajstić information content (AvgIpc) is 3.34. The lowest BCUT2D eigenvalue weighted by Gasteiger charge is -2.33. The van der Waals surface area contributed by atoms with Crippen LogP contribution in [0.1, 0.15) is 28.5 Å². The number of hydrogen-bond acceptors (Lipinski definition) is 5. The molecule has 3 heterocycles. The number of phenols is 1. The van der Waals surface area contributed by atoms with E-state index in [0.717, 1.165) is 11.1 Å². The summed E-state index contributed by atoms with van der Waals surface area (Å²) in [7, 11) is 0. The number of aromatic nitrogens is 2. The number of rotatable bonds is 5. The van der Waals surface area contributed by atoms with E-state index in [1.807, 2.05) is 28.5 Å². The van der Waals surface area contributed by atoms with Gasteiger partial charge >= 0.3 is 0 Å². The van der Waals surface area contributed by atoms with Gasteiger partial charge in [-0.3, -0.25) is 14.6 Å². The molecular formula is C23H20Br2FN5O2. The fourth-order valence-electron chi connectivity index (χ4n) is 4.26. The summed E-state index contributed by atoms with van der Waals surface area (Å²) >= 11 is 6.87. The summed E-state index contributed by atoms with van der Waals surface area (Å²) in [4.78, 5) is 26.6. The molecule has 10 heteroatoms. The molecule has 5 rings (SSSR count). The first-order valence-corrected chi connectivity index (χ1v) is 12.1. The van der Waals surface area contributed by atoms with Crippen molar-refractivity contribution in [1.29, 1.82) is 0 Å². The Kier molecular flexibility index (Phi) is 5.74. The molecule has 0 fully saturated rings. The van der Waals surface area contributed by atoms with E-state index in [1.165, 1.54) is 12.1 Å². The second-order valence-corrected chi connectivity index (χ2v) is 9.56. The van der Waals surface area contributed by atoms with Crippen molar-refractivity contribution >= 4 is 49.5 Å². The van der Waals surface area contributed by atoms with Crippen LogP contribution in [-0.4, -0.2) is 50.6 Å². The van der Waals surface area contributed by atoms with Crippen LogP contribution in [0.4, 0.5) is 10.2 Å². The fraction of sp³-hybridized carbons (Fsp3) is 0.261. The van der Waals surface area contributed by atoms with E-state index < -0.39 is 0 Å². The van der Waals surface area contributed by atoms with Crippen molar-refractivity contribution in [3.8, 4) is 5.75 Å². The minimum Gasteiger partial charge on any atom is -0.507 e. The Balaban J connectivity index is 1.49. The number of carbonyl (C=O) groups excluding carboxylic acids is 1. The molecule has 7 nitrogen and oxygen atoms in total. The van der Waals surface area contributed by atoms with Crippen molar-refractivity contribution in [2.45, 2.75) is 25.9 Å². The summed E-state index contributed by atoms with van der Waals surface area (Å²) < 4.78 is 16.2. The van der Waals surface area contributed by atoms with Crippen LogP contribution >= 0.6 is 31.9 Å². The molecule has 2 aromatic carbocycles. The summed E-state index contributed by atoms with van der Waals surface area (Å²) in [5.41, 5.74) is 2.39. The normalized spacial score (nSPS) is 17.3. The van der Waals surface area contributed by atoms with Crippen LogP contribution in [0.3, 0.4) is 0 Å². The molecule has 1 amide bonds. The van der Waals surface area contributed by atoms with Gasteiger partial charge in [0.2, 0.25) is 5.96 Å². The Morgan fingerprint density at radius 3 is 2.58 bits per heavy atom. The van der Waals surface area contributed by atoms with E-state index in [-0.39, 0.29) is 23.5 Å². The van der Waals surface area contributed by atoms with Crippen LogP contribution in [0, 0.1) is 5.82 Å². The third-order valence-corrected chi connectivity index (χ3v) is 7.07. The molecule has 0 saturated heterocycles. The number of carbonyl (C=O) groups is 1. The van der Waals surface area contributed by atoms with Crippen molar-refractivity contribution in [3.05, 3.63) is 74.3 Å². The fourth-order valence-corrected chi connectivity index (χ4v) is 5.15. The molecule has 0 aliphatic carbocycles. The molecule has 2 aliphatic rings. The van der Waals surface area contributed by atoms with Crippen LogP contribution in [0.2, 0.25) is 0 Å². The van der Waals surface area contributed by atoms with E-state index in [2.05, 4.69) is 36.8 Å². The molecule has 33 heavy (non-hydrogen) atoms. The van der Waals surface area contributed by atoms with Gasteiger partial charge in [0.25, 0.3) is 5.91 Å². The Morgan fingerprint density at radius 1 is 1.15 bits per heavy atom. The molecule has 2 aliphatic heterocycles. The molecule has 0 saturated carbocycles. The van der Waals surface area contributed by atoms with Crippen LogP contribution in [0.25, 0.3) is 0 Å². The van der Waals surface area contributed by atoms with Gasteiger partial charge in [0.1, 0.15) is 11.6 Å². The van der Waals surface area contributed by atoms with Crippen LogP contribution in [0.15, 0.2) is 56.7 Å². The average molecular weight is 577 g/mol. The minimum atomic E-state index is -0.266. The number of guanidine groups is 1. The second-order valence-electron chi connectivity index (χ2n) is 8.00. The number of aliphatic imine (C=N–C) groups is 1. The number of phenolic OH excluding ortho intramolecular Hbond substituents is 1. The van der Waals surface area contributed by atoms with E-state index >= 15 is 0 Å². The quantitative estimate of drug-likeness (QED) is 0.483. The third kappa shape index (κ3) is 3.95. The summed E-state index contributed by atoms with van der Waals surface area (Å²) in [6.45, 7) is 3.39. The first-order valence-electron chi connectivity index (χ1n) is 10.5. The van der Waals surface area contributed by atoms with Crippen LogP contribution < -0.4 is 4.90 Å². The highest BCUT2D eigenvalue weighted by Crippen LogP contribution is 2.35. The van der Waals surface area contributed by atoms with E-state index in [0.29, 0.717) is 52.7 Å². The number of amides is 1. The van der Waals surface area contributed by atoms with Crippen molar-refractivity contribution in [2.75, 3.05) is 18.0 Å². The van der Waals surface area contributed by atoms with Gasteiger partial charge < -0.3 is 9.67 Å². The maximum atomic E-state index is 13.5. The largest absolute Gasteiger partial charge is 0.507 e. The highest BCUT2D eigenvalue weighted by Gasteiger charge is 2.43. The number of halogens is 3. The number of anilines is 1. The van der Waals surface area contributed by atoms with Gasteiger partial charge in [-0.1, -0.05) is 18.2 Å². The summed E-state index contributed by atoms with van der Waals surface area (Å²) in [6.07, 6.45) is 0.644. The molecule has 1 atom stereocenters. The summed E-state index contributed by atoms with van der Waals surface area (Å²) in [5, 5.41) is 9.80. The number of fused-ring (bicyclic) bond motifs is 3. The second kappa shape index (κ2) is 8.57. The summed E-state index contributed by atoms with van der Waals surface area (Å²) in [5.74, 6) is 0.920. The van der Waals surface area contributed by atoms with E-state index in [9.17, 15) is 14.3 Å². The minimum absolute atomic E-state index is 0.0739. The lowest BCUT2D eigenvalue weighted by atomic mass is 10.1. The molecule has 0 bridgehead atoms. The predicted molar refractivity (Wildman–Crippen MR) is 130 cm³/mol. The molecule has 0 radical (unpaired) electrons. The predicted octanol–water partition coefficient (Wildman–Crippen LogP) is 4.56. The molecule has 170 valence electrons. The van der Waals surface area contributed by atoms with E-state index in [1.54, 1.807) is 23.1 Å². The first-order chi connectivity index (χ1) is 15.9. The van der Waals surface area contributed by atoms with Gasteiger partial charge in [-0.25, -0.2) is 14.4 Å². The smallest absolute Gasteiger partial charge is 0.281 e. The van der Waals surface area contributed by atoms with Crippen molar-refractivity contribution in [3.63, 3.8) is 0 Å². The zero-order valence-electron chi connectivity index (χ0n) is 17.7. The van der Waals surface area contributed by atoms with Gasteiger partial charge in [0.15, 0.2) is 16.2 Å². The number of hydrogen-bond donors (Lipinski definition) is 1. The van der Waals surface area contributed by atoms with Gasteiger partial charge in [0, 0.05) is 6.54 Å². The zero-order valence-corrected chi connectivity index (χ0v) is 20.8. The molecule has 1 aromatic heterocycles. The van der Waals surface area contributed by atoms with Gasteiger partial charge in [0.05, 0.1) is 23.6 Å². The standard InChI is InChI=1S/C23H20Br2FN5O2/c1-2-29-21(33)19-20(28-22(25)30(19)11-14-5-8-18(32)17(24)10-14)31-12-16(27-23(29)31)9-13-3-6-15(26)7-4-13/h3-8,10,16,32H,2,9,11-12H2,1H3/t16-/m1/s1. The van der Waals surface area contributed by atoms with Crippen molar-refractivity contribution < 1.29 is 14.3 Å². The lowest BCUT2D eigenvalue weighted by molar-refractivity contribution is 0.0836. The van der Waals surface area contributed by atoms with Crippen molar-refractivity contribution in [2.24, 2.45) is 4.99 Å². The Labute approximate surface area is 206 Å². The van der Waals surface area contributed by atoms with Crippen molar-refractivity contribution in [1.82, 2.24) is 14.5 Å². The Bertz CT molecular complexity index is 1270. The summed E-state index contributed by atoms with van der Waals surface area (Å²) in [6, 6.07) is 11.6. The third-order valence-electron chi connectivity index (χ3n) is 5.83. The molecule has 0 spiro atoms. The zero-order chi connectivity index (χ0) is 23.3.